The molecule has 3 aromatic carbocycles. The molecule has 6 heterocycles. The number of nitrogens with one attached hydrogen (secondary N) is 4. The summed E-state index contributed by atoms with van der Waals surface area (Å²) in [6.07, 6.45) is -2.49. The number of fused-ring (bicyclic) bond motifs is 2. The number of hydrogen-bond donors (Lipinski definition) is 10. The monoisotopic (exact) mass is 1310 g/mol. The minimum atomic E-state index is -2.00. The largest absolute Gasteiger partial charge is 0.479 e. The second kappa shape index (κ2) is 25.6. The standard InChI is InChI=1S/C66H72N10O17S/c1-35-40(38-13-14-41(70-52(38)58(85)86)43-25-37-8-7-9-39(51(37)71-43)57(84)73-61-72-42-10-5-6-11-46(42)94-61)26-68-76(35)34-65-29-63(2)28-64(3,30-65)32-66(31-63,33-65)91-23-22-74(4)62(89)90-27-36-12-15-45(92-60-55(83)53(81)54(82)56(93-60)59(87)88)44(24-36)69-48(78)18-20-67-47(77)19-21-75-49(79)16-17-50(75)80/h5-17,24-26,49,53-56,60,71,79,81-83H,18-23,27-34H2,1-4H3,(H,67,77)(H,69,78)(H,85,86)(H,87,88)(H,72,73,84)/t49?,53-,54-,55+,56-,60+,63?,64?,65?,66?/m0/s1. The number of aromatic nitrogens is 5. The molecule has 27 nitrogen and oxygen atoms in total. The van der Waals surface area contributed by atoms with Gasteiger partial charge in [0.1, 0.15) is 36.9 Å². The molecule has 13 rings (SSSR count). The van der Waals surface area contributed by atoms with Crippen LogP contribution in [0.2, 0.25) is 0 Å². The second-order valence-corrected chi connectivity index (χ2v) is 27.2. The summed E-state index contributed by atoms with van der Waals surface area (Å²) < 4.78 is 26.7. The van der Waals surface area contributed by atoms with E-state index in [9.17, 15) is 64.2 Å². The summed E-state index contributed by atoms with van der Waals surface area (Å²) in [7, 11) is 1.58. The Kier molecular flexibility index (Phi) is 17.7. The second-order valence-electron chi connectivity index (χ2n) is 26.2. The van der Waals surface area contributed by atoms with E-state index < -0.39 is 78.3 Å². The number of H-pyrrole nitrogens is 1. The number of carbonyl (C=O) groups excluding carboxylic acids is 5. The SMILES string of the molecule is Cc1c(-c2ccc(-c3cc4cccc(C(=O)Nc5nc6ccccc6s5)c4[nH]3)nc2C(=O)O)cnn1CC12CC3(C)CC(C)(C1)CC(OCCN(C)C(=O)OCc1ccc(O[C@@H]4O[C@H](C(=O)O)[C@@H](O)[C@H](O)[C@H]4O)c(NC(=O)CCNC(=O)CCN4C(=O)C=CC4O)c1)(C3)C2. The van der Waals surface area contributed by atoms with Gasteiger partial charge >= 0.3 is 18.0 Å². The van der Waals surface area contributed by atoms with Crippen LogP contribution in [0.5, 0.6) is 5.75 Å². The van der Waals surface area contributed by atoms with Crippen LogP contribution in [-0.4, -0.2) is 183 Å². The Morgan fingerprint density at radius 2 is 1.62 bits per heavy atom. The number of aromatic carboxylic acids is 1. The predicted molar refractivity (Wildman–Crippen MR) is 339 cm³/mol. The smallest absolute Gasteiger partial charge is 0.409 e. The summed E-state index contributed by atoms with van der Waals surface area (Å²) in [5.41, 5.74) is 3.79. The molecule has 494 valence electrons. The third kappa shape index (κ3) is 13.4. The van der Waals surface area contributed by atoms with Crippen LogP contribution < -0.4 is 20.7 Å². The van der Waals surface area contributed by atoms with E-state index in [1.165, 1.54) is 46.6 Å². The zero-order chi connectivity index (χ0) is 66.6. The number of aromatic amines is 1. The molecular formula is C66H72N10O17S. The summed E-state index contributed by atoms with van der Waals surface area (Å²) in [5, 5.41) is 75.9. The van der Waals surface area contributed by atoms with E-state index in [0.29, 0.717) is 50.8 Å². The van der Waals surface area contributed by atoms with Crippen molar-refractivity contribution < 1.29 is 83.1 Å². The first-order valence-electron chi connectivity index (χ1n) is 30.8. The van der Waals surface area contributed by atoms with Gasteiger partial charge in [-0.05, 0) is 122 Å². The van der Waals surface area contributed by atoms with Crippen molar-refractivity contribution in [3.63, 3.8) is 0 Å². The van der Waals surface area contributed by atoms with Crippen LogP contribution >= 0.6 is 11.3 Å². The van der Waals surface area contributed by atoms with Gasteiger partial charge in [0.15, 0.2) is 16.9 Å². The highest BCUT2D eigenvalue weighted by molar-refractivity contribution is 7.22. The highest BCUT2D eigenvalue weighted by Crippen LogP contribution is 2.72. The fourth-order valence-corrected chi connectivity index (χ4v) is 16.2. The number of aliphatic hydroxyl groups is 4. The first-order chi connectivity index (χ1) is 44.8. The molecule has 4 bridgehead atoms. The quantitative estimate of drug-likeness (QED) is 0.0341. The molecule has 4 saturated carbocycles. The van der Waals surface area contributed by atoms with Crippen molar-refractivity contribution >= 4 is 84.9 Å². The first kappa shape index (κ1) is 64.9. The van der Waals surface area contributed by atoms with E-state index in [1.807, 2.05) is 48.0 Å². The van der Waals surface area contributed by atoms with Gasteiger partial charge in [-0.3, -0.25) is 29.2 Å². The minimum Gasteiger partial charge on any atom is -0.479 e. The number of para-hydroxylation sites is 2. The maximum Gasteiger partial charge on any atom is 0.409 e. The number of aliphatic hydroxyl groups excluding tert-OH is 4. The van der Waals surface area contributed by atoms with Crippen molar-refractivity contribution in [1.29, 1.82) is 0 Å². The van der Waals surface area contributed by atoms with Crippen molar-refractivity contribution in [2.45, 2.75) is 128 Å². The van der Waals surface area contributed by atoms with Gasteiger partial charge < -0.3 is 75.0 Å². The molecule has 0 radical (unpaired) electrons. The predicted octanol–water partition coefficient (Wildman–Crippen LogP) is 6.19. The Bertz CT molecular complexity index is 4130. The number of carboxylic acids is 2. The summed E-state index contributed by atoms with van der Waals surface area (Å²) in [6, 6.07) is 22.5. The van der Waals surface area contributed by atoms with Gasteiger partial charge in [-0.25, -0.2) is 24.4 Å². The molecule has 5 fully saturated rings. The van der Waals surface area contributed by atoms with Crippen LogP contribution in [-0.2, 0) is 46.5 Å². The number of carboxylic acid groups (broad SMARTS) is 2. The number of aliphatic carboxylic acids is 1. The van der Waals surface area contributed by atoms with Gasteiger partial charge in [0.05, 0.1) is 56.8 Å². The van der Waals surface area contributed by atoms with E-state index in [1.54, 1.807) is 37.5 Å². The maximum absolute atomic E-state index is 13.6. The fraction of sp³-hybridized carbons (Fsp3) is 0.424. The molecule has 6 aliphatic rings. The van der Waals surface area contributed by atoms with E-state index in [4.69, 9.17) is 24.0 Å². The van der Waals surface area contributed by atoms with Gasteiger partial charge in [-0.1, -0.05) is 55.5 Å². The number of nitrogens with zero attached hydrogens (tertiary/aromatic N) is 6. The Morgan fingerprint density at radius 3 is 2.35 bits per heavy atom. The molecule has 2 aliphatic heterocycles. The lowest BCUT2D eigenvalue weighted by molar-refractivity contribution is -0.271. The zero-order valence-corrected chi connectivity index (χ0v) is 52.7. The van der Waals surface area contributed by atoms with Crippen LogP contribution in [0.15, 0.2) is 97.2 Å². The third-order valence-corrected chi connectivity index (χ3v) is 19.4. The van der Waals surface area contributed by atoms with E-state index in [0.717, 1.165) is 64.7 Å². The Morgan fingerprint density at radius 1 is 0.840 bits per heavy atom. The Balaban J connectivity index is 0.682. The number of amides is 5. The zero-order valence-electron chi connectivity index (χ0n) is 51.9. The number of ether oxygens (including phenoxy) is 4. The number of carbonyl (C=O) groups is 7. The van der Waals surface area contributed by atoms with Crippen LogP contribution in [0.4, 0.5) is 15.6 Å². The number of anilines is 2. The molecule has 10 N–H and O–H groups in total. The molecule has 8 atom stereocenters. The third-order valence-electron chi connectivity index (χ3n) is 18.5. The molecule has 4 aromatic heterocycles. The molecule has 3 unspecified atom stereocenters. The van der Waals surface area contributed by atoms with Gasteiger partial charge in [0.25, 0.3) is 5.91 Å². The lowest BCUT2D eigenvalue weighted by atomic mass is 9.39. The van der Waals surface area contributed by atoms with Gasteiger partial charge in [0, 0.05) is 74.4 Å². The molecule has 1 saturated heterocycles. The Hall–Kier alpha value is -9.16. The van der Waals surface area contributed by atoms with Crippen molar-refractivity contribution in [3.8, 4) is 28.3 Å². The summed E-state index contributed by atoms with van der Waals surface area (Å²) in [6.45, 7) is 7.01. The van der Waals surface area contributed by atoms with Crippen molar-refractivity contribution in [3.05, 3.63) is 120 Å². The highest BCUT2D eigenvalue weighted by atomic mass is 32.1. The van der Waals surface area contributed by atoms with Gasteiger partial charge in [-0.15, -0.1) is 0 Å². The lowest BCUT2D eigenvalue weighted by Gasteiger charge is -2.69. The normalized spacial score (nSPS) is 26.0. The summed E-state index contributed by atoms with van der Waals surface area (Å²) >= 11 is 1.38. The van der Waals surface area contributed by atoms with Crippen LogP contribution in [0, 0.1) is 23.2 Å². The molecule has 7 aromatic rings. The summed E-state index contributed by atoms with van der Waals surface area (Å²) in [4.78, 5) is 105. The molecule has 28 heteroatoms. The average Bonchev–Trinajstić information content (AvgIpc) is 0.823. The van der Waals surface area contributed by atoms with Crippen LogP contribution in [0.25, 0.3) is 43.6 Å². The van der Waals surface area contributed by atoms with Gasteiger partial charge in [0.2, 0.25) is 24.0 Å². The number of rotatable bonds is 23. The number of thiazole rings is 1. The molecule has 0 spiro atoms. The lowest BCUT2D eigenvalue weighted by Crippen LogP contribution is -2.64. The van der Waals surface area contributed by atoms with E-state index in [2.05, 4.69) is 44.7 Å². The number of likely N-dealkylation sites (N-methyl/N-ethyl adjacent to an activating group) is 1. The van der Waals surface area contributed by atoms with Crippen LogP contribution in [0.3, 0.4) is 0 Å². The maximum atomic E-state index is 13.6. The molecule has 4 aliphatic carbocycles. The highest BCUT2D eigenvalue weighted by Gasteiger charge is 2.66. The number of benzene rings is 3. The van der Waals surface area contributed by atoms with E-state index >= 15 is 0 Å². The fourth-order valence-electron chi connectivity index (χ4n) is 15.4. The number of hydrogen-bond acceptors (Lipinski definition) is 19. The van der Waals surface area contributed by atoms with E-state index in [-0.39, 0.29) is 85.0 Å². The average molecular weight is 1310 g/mol. The van der Waals surface area contributed by atoms with Crippen molar-refractivity contribution in [1.82, 2.24) is 39.8 Å². The topological polar surface area (TPSA) is 380 Å². The molecule has 5 amide bonds. The summed E-state index contributed by atoms with van der Waals surface area (Å²) in [5.74, 6) is -4.95. The van der Waals surface area contributed by atoms with Crippen molar-refractivity contribution in [2.24, 2.45) is 16.2 Å². The first-order valence-corrected chi connectivity index (χ1v) is 31.6. The van der Waals surface area contributed by atoms with Crippen LogP contribution in [0.1, 0.15) is 97.3 Å². The Labute approximate surface area is 541 Å². The molecular weight excluding hydrogens is 1240 g/mol. The minimum absolute atomic E-state index is 0.0528. The number of pyridine rings is 1. The molecule has 94 heavy (non-hydrogen) atoms. The van der Waals surface area contributed by atoms with Gasteiger partial charge in [-0.2, -0.15) is 5.10 Å². The van der Waals surface area contributed by atoms with Crippen molar-refractivity contribution in [2.75, 3.05) is 43.9 Å².